The zero-order valence-electron chi connectivity index (χ0n) is 7.39. The summed E-state index contributed by atoms with van der Waals surface area (Å²) in [5.74, 6) is 0.791. The Labute approximate surface area is 82.7 Å². The molecule has 0 radical (unpaired) electrons. The summed E-state index contributed by atoms with van der Waals surface area (Å²) in [4.78, 5) is 3.97. The fourth-order valence-corrected chi connectivity index (χ4v) is 2.13. The smallest absolute Gasteiger partial charge is 0.137 e. The summed E-state index contributed by atoms with van der Waals surface area (Å²) in [7, 11) is 0. The molecule has 0 saturated carbocycles. The highest BCUT2D eigenvalue weighted by atomic mass is 32.1. The predicted molar refractivity (Wildman–Crippen MR) is 51.9 cm³/mol. The number of ether oxygens (including phenoxy) is 1. The van der Waals surface area contributed by atoms with Crippen LogP contribution in [0, 0.1) is 0 Å². The summed E-state index contributed by atoms with van der Waals surface area (Å²) in [5, 5.41) is 4.18. The van der Waals surface area contributed by atoms with E-state index in [0.29, 0.717) is 0 Å². The maximum Gasteiger partial charge on any atom is 0.137 e. The summed E-state index contributed by atoms with van der Waals surface area (Å²) in [6, 6.07) is 0. The molecule has 1 aromatic rings. The first kappa shape index (κ1) is 9.02. The molecular formula is C8H13N3OS. The molecular weight excluding hydrogens is 186 g/mol. The van der Waals surface area contributed by atoms with E-state index in [0.717, 1.165) is 31.8 Å². The predicted octanol–water partition coefficient (Wildman–Crippen LogP) is 0.714. The summed E-state index contributed by atoms with van der Waals surface area (Å²) in [5.41, 5.74) is 0.0257. The van der Waals surface area contributed by atoms with Crippen LogP contribution in [0.25, 0.3) is 0 Å². The Morgan fingerprint density at radius 1 is 1.46 bits per heavy atom. The van der Waals surface area contributed by atoms with Crippen molar-refractivity contribution in [2.45, 2.75) is 18.4 Å². The molecule has 1 aliphatic heterocycles. The van der Waals surface area contributed by atoms with Crippen molar-refractivity contribution >= 4 is 12.6 Å². The van der Waals surface area contributed by atoms with Crippen molar-refractivity contribution < 1.29 is 4.74 Å². The molecule has 0 unspecified atom stereocenters. The minimum Gasteiger partial charge on any atom is -0.381 e. The third-order valence-electron chi connectivity index (χ3n) is 2.62. The fraction of sp³-hybridized carbons (Fsp3) is 0.750. The molecule has 0 atom stereocenters. The van der Waals surface area contributed by atoms with Gasteiger partial charge in [0.05, 0.1) is 5.54 Å². The Bertz CT molecular complexity index is 256. The lowest BCUT2D eigenvalue weighted by Crippen LogP contribution is -2.41. The van der Waals surface area contributed by atoms with E-state index in [2.05, 4.69) is 22.7 Å². The quantitative estimate of drug-likeness (QED) is 0.713. The molecule has 0 N–H and O–H groups in total. The Kier molecular flexibility index (Phi) is 2.55. The Morgan fingerprint density at radius 3 is 2.77 bits per heavy atom. The van der Waals surface area contributed by atoms with Crippen LogP contribution < -0.4 is 0 Å². The highest BCUT2D eigenvalue weighted by Crippen LogP contribution is 2.29. The van der Waals surface area contributed by atoms with E-state index < -0.39 is 0 Å². The van der Waals surface area contributed by atoms with E-state index in [1.807, 2.05) is 4.68 Å². The SMILES string of the molecule is SCC1(n2cncn2)CCOCC1. The molecule has 5 heteroatoms. The normalized spacial score (nSPS) is 21.6. The highest BCUT2D eigenvalue weighted by molar-refractivity contribution is 7.80. The second-order valence-corrected chi connectivity index (χ2v) is 3.65. The van der Waals surface area contributed by atoms with E-state index in [1.165, 1.54) is 0 Å². The monoisotopic (exact) mass is 199 g/mol. The molecule has 0 spiro atoms. The minimum atomic E-state index is 0.0257. The van der Waals surface area contributed by atoms with Gasteiger partial charge in [-0.15, -0.1) is 0 Å². The topological polar surface area (TPSA) is 39.9 Å². The van der Waals surface area contributed by atoms with Crippen LogP contribution in [0.1, 0.15) is 12.8 Å². The molecule has 0 amide bonds. The van der Waals surface area contributed by atoms with Crippen molar-refractivity contribution in [3.8, 4) is 0 Å². The third kappa shape index (κ3) is 1.58. The van der Waals surface area contributed by atoms with Crippen LogP contribution in [0.3, 0.4) is 0 Å². The number of nitrogens with zero attached hydrogens (tertiary/aromatic N) is 3. The molecule has 1 saturated heterocycles. The van der Waals surface area contributed by atoms with Gasteiger partial charge in [-0.05, 0) is 12.8 Å². The van der Waals surface area contributed by atoms with E-state index in [4.69, 9.17) is 4.74 Å². The van der Waals surface area contributed by atoms with Crippen LogP contribution in [0.4, 0.5) is 0 Å². The maximum atomic E-state index is 5.33. The van der Waals surface area contributed by atoms with Gasteiger partial charge in [0.1, 0.15) is 12.7 Å². The van der Waals surface area contributed by atoms with Crippen molar-refractivity contribution in [3.05, 3.63) is 12.7 Å². The van der Waals surface area contributed by atoms with Crippen molar-refractivity contribution in [3.63, 3.8) is 0 Å². The van der Waals surface area contributed by atoms with E-state index in [-0.39, 0.29) is 5.54 Å². The molecule has 1 fully saturated rings. The molecule has 4 nitrogen and oxygen atoms in total. The number of hydrogen-bond acceptors (Lipinski definition) is 4. The molecule has 1 aromatic heterocycles. The Morgan fingerprint density at radius 2 is 2.23 bits per heavy atom. The molecule has 2 heterocycles. The van der Waals surface area contributed by atoms with Gasteiger partial charge < -0.3 is 4.74 Å². The zero-order chi connectivity index (χ0) is 9.15. The van der Waals surface area contributed by atoms with Gasteiger partial charge in [-0.1, -0.05) is 0 Å². The highest BCUT2D eigenvalue weighted by Gasteiger charge is 2.33. The first-order valence-corrected chi connectivity index (χ1v) is 5.04. The van der Waals surface area contributed by atoms with E-state index >= 15 is 0 Å². The minimum absolute atomic E-state index is 0.0257. The molecule has 0 bridgehead atoms. The van der Waals surface area contributed by atoms with Crippen molar-refractivity contribution in [2.75, 3.05) is 19.0 Å². The molecule has 0 aromatic carbocycles. The number of thiol groups is 1. The second-order valence-electron chi connectivity index (χ2n) is 3.33. The van der Waals surface area contributed by atoms with E-state index in [1.54, 1.807) is 12.7 Å². The van der Waals surface area contributed by atoms with Gasteiger partial charge in [0, 0.05) is 19.0 Å². The van der Waals surface area contributed by atoms with Crippen molar-refractivity contribution in [2.24, 2.45) is 0 Å². The Balaban J connectivity index is 2.23. The van der Waals surface area contributed by atoms with Gasteiger partial charge in [0.2, 0.25) is 0 Å². The van der Waals surface area contributed by atoms with E-state index in [9.17, 15) is 0 Å². The van der Waals surface area contributed by atoms with Crippen LogP contribution in [-0.2, 0) is 10.3 Å². The van der Waals surface area contributed by atoms with Crippen LogP contribution >= 0.6 is 12.6 Å². The lowest BCUT2D eigenvalue weighted by Gasteiger charge is -2.35. The van der Waals surface area contributed by atoms with Gasteiger partial charge in [-0.2, -0.15) is 17.7 Å². The second kappa shape index (κ2) is 3.67. The molecule has 13 heavy (non-hydrogen) atoms. The van der Waals surface area contributed by atoms with Gasteiger partial charge in [0.25, 0.3) is 0 Å². The summed E-state index contributed by atoms with van der Waals surface area (Å²) >= 11 is 4.39. The van der Waals surface area contributed by atoms with Gasteiger partial charge in [0.15, 0.2) is 0 Å². The zero-order valence-corrected chi connectivity index (χ0v) is 8.28. The molecule has 72 valence electrons. The number of hydrogen-bond donors (Lipinski definition) is 1. The van der Waals surface area contributed by atoms with Gasteiger partial charge in [-0.3, -0.25) is 0 Å². The molecule has 0 aliphatic carbocycles. The van der Waals surface area contributed by atoms with Crippen LogP contribution in [0.2, 0.25) is 0 Å². The summed E-state index contributed by atoms with van der Waals surface area (Å²) < 4.78 is 7.25. The van der Waals surface area contributed by atoms with Crippen molar-refractivity contribution in [1.29, 1.82) is 0 Å². The number of rotatable bonds is 2. The van der Waals surface area contributed by atoms with Gasteiger partial charge >= 0.3 is 0 Å². The molecule has 1 aliphatic rings. The van der Waals surface area contributed by atoms with Crippen LogP contribution in [-0.4, -0.2) is 33.7 Å². The van der Waals surface area contributed by atoms with Crippen LogP contribution in [0.5, 0.6) is 0 Å². The average Bonchev–Trinajstić information content (AvgIpc) is 2.72. The number of aromatic nitrogens is 3. The first-order valence-electron chi connectivity index (χ1n) is 4.41. The van der Waals surface area contributed by atoms with Gasteiger partial charge in [-0.25, -0.2) is 9.67 Å². The lowest BCUT2D eigenvalue weighted by molar-refractivity contribution is 0.0263. The first-order chi connectivity index (χ1) is 6.37. The molecule has 2 rings (SSSR count). The average molecular weight is 199 g/mol. The fourth-order valence-electron chi connectivity index (χ4n) is 1.66. The van der Waals surface area contributed by atoms with Crippen molar-refractivity contribution in [1.82, 2.24) is 14.8 Å². The lowest BCUT2D eigenvalue weighted by atomic mass is 9.93. The Hall–Kier alpha value is -0.550. The third-order valence-corrected chi connectivity index (χ3v) is 3.21. The summed E-state index contributed by atoms with van der Waals surface area (Å²) in [6.07, 6.45) is 5.28. The largest absolute Gasteiger partial charge is 0.381 e. The van der Waals surface area contributed by atoms with Crippen LogP contribution in [0.15, 0.2) is 12.7 Å². The standard InChI is InChI=1S/C8H13N3OS/c13-5-8(1-3-12-4-2-8)11-7-9-6-10-11/h6-7,13H,1-5H2. The maximum absolute atomic E-state index is 5.33. The summed E-state index contributed by atoms with van der Waals surface area (Å²) in [6.45, 7) is 1.58.